The molecule has 6 heteroatoms. The van der Waals surface area contributed by atoms with Crippen molar-refractivity contribution in [1.82, 2.24) is 4.90 Å². The Bertz CT molecular complexity index is 510. The zero-order chi connectivity index (χ0) is 15.4. The number of primary amides is 1. The van der Waals surface area contributed by atoms with E-state index in [2.05, 4.69) is 0 Å². The van der Waals surface area contributed by atoms with Gasteiger partial charge in [0.2, 0.25) is 5.91 Å². The molecule has 1 aliphatic rings. The number of likely N-dealkylation sites (tertiary alicyclic amines) is 1. The lowest BCUT2D eigenvalue weighted by atomic mass is 9.96. The number of hydrogen-bond donors (Lipinski definition) is 1. The van der Waals surface area contributed by atoms with Crippen molar-refractivity contribution < 1.29 is 14.3 Å². The molecular weight excluding hydrogens is 292 g/mol. The van der Waals surface area contributed by atoms with Crippen molar-refractivity contribution in [2.45, 2.75) is 25.9 Å². The molecular formula is C15H19ClN2O3. The molecule has 0 radical (unpaired) electrons. The molecule has 0 aliphatic carbocycles. The van der Waals surface area contributed by atoms with Crippen molar-refractivity contribution in [3.05, 3.63) is 29.3 Å². The summed E-state index contributed by atoms with van der Waals surface area (Å²) in [5.74, 6) is 0.120. The first-order valence-electron chi connectivity index (χ1n) is 6.97. The standard InChI is InChI=1S/C15H19ClN2O3/c1-10(21-13-4-2-12(16)3-5-13)15(20)18-8-6-11(7-9-18)14(17)19/h2-5,10-11H,6-9H2,1H3,(H2,17,19)/t10-/m1/s1. The maximum Gasteiger partial charge on any atom is 0.263 e. The third-order valence-electron chi connectivity index (χ3n) is 3.68. The first-order valence-corrected chi connectivity index (χ1v) is 7.35. The highest BCUT2D eigenvalue weighted by Gasteiger charge is 2.28. The average Bonchev–Trinajstić information content (AvgIpc) is 2.49. The highest BCUT2D eigenvalue weighted by molar-refractivity contribution is 6.30. The van der Waals surface area contributed by atoms with Crippen LogP contribution in [0.2, 0.25) is 5.02 Å². The summed E-state index contributed by atoms with van der Waals surface area (Å²) in [7, 11) is 0. The Labute approximate surface area is 129 Å². The maximum absolute atomic E-state index is 12.3. The fraction of sp³-hybridized carbons (Fsp3) is 0.467. The second kappa shape index (κ2) is 6.80. The van der Waals surface area contributed by atoms with Crippen LogP contribution in [-0.4, -0.2) is 35.9 Å². The first-order chi connectivity index (χ1) is 9.97. The fourth-order valence-corrected chi connectivity index (χ4v) is 2.54. The number of carbonyl (C=O) groups is 2. The molecule has 2 amide bonds. The lowest BCUT2D eigenvalue weighted by Crippen LogP contribution is -2.46. The van der Waals surface area contributed by atoms with Crippen LogP contribution in [0.15, 0.2) is 24.3 Å². The summed E-state index contributed by atoms with van der Waals surface area (Å²) in [6.45, 7) is 2.80. The fourth-order valence-electron chi connectivity index (χ4n) is 2.41. The van der Waals surface area contributed by atoms with Gasteiger partial charge in [0.15, 0.2) is 6.10 Å². The van der Waals surface area contributed by atoms with Crippen molar-refractivity contribution in [1.29, 1.82) is 0 Å². The molecule has 1 heterocycles. The van der Waals surface area contributed by atoms with Crippen LogP contribution in [0.5, 0.6) is 5.75 Å². The number of carbonyl (C=O) groups excluding carboxylic acids is 2. The van der Waals surface area contributed by atoms with Crippen LogP contribution in [0, 0.1) is 5.92 Å². The molecule has 0 unspecified atom stereocenters. The Morgan fingerprint density at radius 2 is 1.86 bits per heavy atom. The molecule has 1 aromatic carbocycles. The van der Waals surface area contributed by atoms with E-state index in [9.17, 15) is 9.59 Å². The van der Waals surface area contributed by atoms with E-state index in [4.69, 9.17) is 22.1 Å². The van der Waals surface area contributed by atoms with Crippen LogP contribution in [0.1, 0.15) is 19.8 Å². The molecule has 1 aliphatic heterocycles. The van der Waals surface area contributed by atoms with E-state index in [1.807, 2.05) is 0 Å². The quantitative estimate of drug-likeness (QED) is 0.922. The van der Waals surface area contributed by atoms with Crippen LogP contribution in [0.4, 0.5) is 0 Å². The van der Waals surface area contributed by atoms with Gasteiger partial charge in [0.1, 0.15) is 5.75 Å². The van der Waals surface area contributed by atoms with Gasteiger partial charge in [-0.25, -0.2) is 0 Å². The van der Waals surface area contributed by atoms with E-state index in [0.717, 1.165) is 0 Å². The van der Waals surface area contributed by atoms with Crippen LogP contribution in [0.25, 0.3) is 0 Å². The Balaban J connectivity index is 1.88. The summed E-state index contributed by atoms with van der Waals surface area (Å²) in [4.78, 5) is 25.1. The molecule has 114 valence electrons. The van der Waals surface area contributed by atoms with Gasteiger partial charge in [0.25, 0.3) is 5.91 Å². The smallest absolute Gasteiger partial charge is 0.263 e. The van der Waals surface area contributed by atoms with E-state index >= 15 is 0 Å². The average molecular weight is 311 g/mol. The highest BCUT2D eigenvalue weighted by atomic mass is 35.5. The minimum Gasteiger partial charge on any atom is -0.481 e. The Morgan fingerprint density at radius 1 is 1.29 bits per heavy atom. The minimum absolute atomic E-state index is 0.0760. The SMILES string of the molecule is C[C@@H](Oc1ccc(Cl)cc1)C(=O)N1CCC(C(N)=O)CC1. The van der Waals surface area contributed by atoms with Gasteiger partial charge in [0, 0.05) is 24.0 Å². The molecule has 1 atom stereocenters. The molecule has 0 aromatic heterocycles. The summed E-state index contributed by atoms with van der Waals surface area (Å²) >= 11 is 5.80. The lowest BCUT2D eigenvalue weighted by Gasteiger charge is -2.32. The minimum atomic E-state index is -0.573. The van der Waals surface area contributed by atoms with Gasteiger partial charge in [0.05, 0.1) is 0 Å². The second-order valence-corrected chi connectivity index (χ2v) is 5.65. The van der Waals surface area contributed by atoms with Crippen LogP contribution >= 0.6 is 11.6 Å². The van der Waals surface area contributed by atoms with Crippen molar-refractivity contribution in [3.63, 3.8) is 0 Å². The van der Waals surface area contributed by atoms with E-state index in [1.165, 1.54) is 0 Å². The third-order valence-corrected chi connectivity index (χ3v) is 3.94. The Kier molecular flexibility index (Phi) is 5.07. The van der Waals surface area contributed by atoms with E-state index in [-0.39, 0.29) is 17.7 Å². The van der Waals surface area contributed by atoms with Gasteiger partial charge in [-0.2, -0.15) is 0 Å². The molecule has 0 bridgehead atoms. The molecule has 0 spiro atoms. The number of piperidine rings is 1. The van der Waals surface area contributed by atoms with Crippen molar-refractivity contribution in [2.75, 3.05) is 13.1 Å². The summed E-state index contributed by atoms with van der Waals surface area (Å²) in [6, 6.07) is 6.88. The zero-order valence-electron chi connectivity index (χ0n) is 11.9. The summed E-state index contributed by atoms with van der Waals surface area (Å²) in [5.41, 5.74) is 5.29. The molecule has 2 rings (SSSR count). The topological polar surface area (TPSA) is 72.6 Å². The van der Waals surface area contributed by atoms with Crippen LogP contribution in [-0.2, 0) is 9.59 Å². The van der Waals surface area contributed by atoms with Crippen molar-refractivity contribution in [2.24, 2.45) is 11.7 Å². The molecule has 5 nitrogen and oxygen atoms in total. The van der Waals surface area contributed by atoms with Crippen molar-refractivity contribution in [3.8, 4) is 5.75 Å². The van der Waals surface area contributed by atoms with Gasteiger partial charge >= 0.3 is 0 Å². The number of benzene rings is 1. The van der Waals surface area contributed by atoms with Gasteiger partial charge in [-0.1, -0.05) is 11.6 Å². The second-order valence-electron chi connectivity index (χ2n) is 5.22. The molecule has 1 fully saturated rings. The lowest BCUT2D eigenvalue weighted by molar-refractivity contribution is -0.140. The largest absolute Gasteiger partial charge is 0.481 e. The summed E-state index contributed by atoms with van der Waals surface area (Å²) < 4.78 is 5.62. The van der Waals surface area contributed by atoms with Gasteiger partial charge in [-0.05, 0) is 44.0 Å². The highest BCUT2D eigenvalue weighted by Crippen LogP contribution is 2.20. The predicted octanol–water partition coefficient (Wildman–Crippen LogP) is 1.83. The molecule has 1 aromatic rings. The first kappa shape index (κ1) is 15.6. The maximum atomic E-state index is 12.3. The number of rotatable bonds is 4. The number of amides is 2. The van der Waals surface area contributed by atoms with Crippen LogP contribution < -0.4 is 10.5 Å². The molecule has 1 saturated heterocycles. The zero-order valence-corrected chi connectivity index (χ0v) is 12.7. The predicted molar refractivity (Wildman–Crippen MR) is 80.0 cm³/mol. The summed E-state index contributed by atoms with van der Waals surface area (Å²) in [5, 5.41) is 0.620. The molecule has 0 saturated carbocycles. The van der Waals surface area contributed by atoms with Gasteiger partial charge in [-0.3, -0.25) is 9.59 Å². The molecule has 21 heavy (non-hydrogen) atoms. The Morgan fingerprint density at radius 3 is 2.38 bits per heavy atom. The third kappa shape index (κ3) is 4.11. The van der Waals surface area contributed by atoms with Crippen LogP contribution in [0.3, 0.4) is 0 Å². The normalized spacial score (nSPS) is 17.3. The van der Waals surface area contributed by atoms with E-state index < -0.39 is 6.10 Å². The van der Waals surface area contributed by atoms with Crippen molar-refractivity contribution >= 4 is 23.4 Å². The molecule has 2 N–H and O–H groups in total. The summed E-state index contributed by atoms with van der Waals surface area (Å²) in [6.07, 6.45) is 0.667. The number of ether oxygens (including phenoxy) is 1. The van der Waals surface area contributed by atoms with E-state index in [0.29, 0.717) is 36.7 Å². The number of nitrogens with zero attached hydrogens (tertiary/aromatic N) is 1. The number of nitrogens with two attached hydrogens (primary N) is 1. The number of halogens is 1. The van der Waals surface area contributed by atoms with Gasteiger partial charge in [-0.15, -0.1) is 0 Å². The van der Waals surface area contributed by atoms with E-state index in [1.54, 1.807) is 36.1 Å². The van der Waals surface area contributed by atoms with Gasteiger partial charge < -0.3 is 15.4 Å². The Hall–Kier alpha value is -1.75. The number of hydrogen-bond acceptors (Lipinski definition) is 3. The monoisotopic (exact) mass is 310 g/mol.